The molecule has 1 aromatic rings. The summed E-state index contributed by atoms with van der Waals surface area (Å²) in [7, 11) is -2.35. The molecule has 0 saturated heterocycles. The summed E-state index contributed by atoms with van der Waals surface area (Å²) in [6, 6.07) is 3.77. The van der Waals surface area contributed by atoms with E-state index in [4.69, 9.17) is 9.84 Å². The summed E-state index contributed by atoms with van der Waals surface area (Å²) in [5.41, 5.74) is -0.165. The molecule has 1 aromatic carbocycles. The molecule has 0 bridgehead atoms. The number of benzene rings is 1. The van der Waals surface area contributed by atoms with Crippen LogP contribution in [0.4, 0.5) is 0 Å². The first-order chi connectivity index (χ1) is 9.44. The van der Waals surface area contributed by atoms with E-state index in [0.717, 1.165) is 31.7 Å². The molecule has 0 radical (unpaired) electrons. The SMILES string of the molecule is COc1ccc(S(=O)(=O)NC2CCCC2)cc1C(=O)O. The first kappa shape index (κ1) is 14.8. The molecule has 2 N–H and O–H groups in total. The van der Waals surface area contributed by atoms with E-state index in [1.807, 2.05) is 0 Å². The Kier molecular flexibility index (Phi) is 4.29. The number of ether oxygens (including phenoxy) is 1. The first-order valence-electron chi connectivity index (χ1n) is 6.37. The number of rotatable bonds is 5. The topological polar surface area (TPSA) is 92.7 Å². The van der Waals surface area contributed by atoms with Gasteiger partial charge in [-0.1, -0.05) is 12.8 Å². The maximum atomic E-state index is 12.2. The molecule has 20 heavy (non-hydrogen) atoms. The summed E-state index contributed by atoms with van der Waals surface area (Å²) < 4.78 is 32.0. The van der Waals surface area contributed by atoms with Gasteiger partial charge in [-0.15, -0.1) is 0 Å². The molecule has 7 heteroatoms. The summed E-state index contributed by atoms with van der Waals surface area (Å²) in [6.45, 7) is 0. The van der Waals surface area contributed by atoms with E-state index >= 15 is 0 Å². The van der Waals surface area contributed by atoms with Crippen molar-refractivity contribution in [2.24, 2.45) is 0 Å². The molecular formula is C13H17NO5S. The maximum Gasteiger partial charge on any atom is 0.339 e. The van der Waals surface area contributed by atoms with E-state index in [9.17, 15) is 13.2 Å². The predicted octanol–water partition coefficient (Wildman–Crippen LogP) is 1.61. The number of hydrogen-bond acceptors (Lipinski definition) is 4. The number of sulfonamides is 1. The van der Waals surface area contributed by atoms with Gasteiger partial charge in [0.15, 0.2) is 0 Å². The van der Waals surface area contributed by atoms with Crippen molar-refractivity contribution in [1.29, 1.82) is 0 Å². The molecule has 0 atom stereocenters. The molecule has 1 saturated carbocycles. The molecule has 0 unspecified atom stereocenters. The summed E-state index contributed by atoms with van der Waals surface area (Å²) in [4.78, 5) is 11.1. The average Bonchev–Trinajstić information content (AvgIpc) is 2.89. The normalized spacial score (nSPS) is 16.2. The van der Waals surface area contributed by atoms with Crippen LogP contribution >= 0.6 is 0 Å². The maximum absolute atomic E-state index is 12.2. The molecule has 0 aliphatic heterocycles. The van der Waals surface area contributed by atoms with Crippen LogP contribution in [0.5, 0.6) is 5.75 Å². The first-order valence-corrected chi connectivity index (χ1v) is 7.86. The van der Waals surface area contributed by atoms with Crippen LogP contribution in [0.3, 0.4) is 0 Å². The molecular weight excluding hydrogens is 282 g/mol. The van der Waals surface area contributed by atoms with Crippen molar-refractivity contribution >= 4 is 16.0 Å². The minimum absolute atomic E-state index is 0.0531. The van der Waals surface area contributed by atoms with E-state index in [1.165, 1.54) is 19.2 Å². The van der Waals surface area contributed by atoms with Gasteiger partial charge < -0.3 is 9.84 Å². The van der Waals surface area contributed by atoms with E-state index in [1.54, 1.807) is 0 Å². The molecule has 6 nitrogen and oxygen atoms in total. The van der Waals surface area contributed by atoms with Crippen LogP contribution in [0.15, 0.2) is 23.1 Å². The fraction of sp³-hybridized carbons (Fsp3) is 0.462. The average molecular weight is 299 g/mol. The van der Waals surface area contributed by atoms with E-state index in [2.05, 4.69) is 4.72 Å². The highest BCUT2D eigenvalue weighted by atomic mass is 32.2. The lowest BCUT2D eigenvalue weighted by molar-refractivity contribution is 0.0693. The van der Waals surface area contributed by atoms with Gasteiger partial charge in [-0.2, -0.15) is 0 Å². The van der Waals surface area contributed by atoms with Crippen molar-refractivity contribution in [3.05, 3.63) is 23.8 Å². The fourth-order valence-corrected chi connectivity index (χ4v) is 3.68. The summed E-state index contributed by atoms with van der Waals surface area (Å²) in [5.74, 6) is -1.09. The minimum Gasteiger partial charge on any atom is -0.496 e. The van der Waals surface area contributed by atoms with Crippen molar-refractivity contribution < 1.29 is 23.1 Å². The third kappa shape index (κ3) is 3.10. The van der Waals surface area contributed by atoms with E-state index in [-0.39, 0.29) is 22.3 Å². The molecule has 1 aliphatic rings. The van der Waals surface area contributed by atoms with Crippen LogP contribution in [-0.2, 0) is 10.0 Å². The van der Waals surface area contributed by atoms with Crippen LogP contribution < -0.4 is 9.46 Å². The Morgan fingerprint density at radius 2 is 2.00 bits per heavy atom. The van der Waals surface area contributed by atoms with E-state index in [0.29, 0.717) is 0 Å². The zero-order valence-corrected chi connectivity index (χ0v) is 11.9. The fourth-order valence-electron chi connectivity index (χ4n) is 2.35. The van der Waals surface area contributed by atoms with Gasteiger partial charge in [-0.05, 0) is 31.0 Å². The van der Waals surface area contributed by atoms with Crippen LogP contribution in [0.2, 0.25) is 0 Å². The highest BCUT2D eigenvalue weighted by molar-refractivity contribution is 7.89. The summed E-state index contributed by atoms with van der Waals surface area (Å²) in [6.07, 6.45) is 3.66. The Labute approximate surface area is 117 Å². The number of hydrogen-bond donors (Lipinski definition) is 2. The number of aromatic carboxylic acids is 1. The van der Waals surface area contributed by atoms with Gasteiger partial charge in [0.05, 0.1) is 12.0 Å². The number of nitrogens with one attached hydrogen (secondary N) is 1. The van der Waals surface area contributed by atoms with Crippen molar-refractivity contribution in [2.75, 3.05) is 7.11 Å². The third-order valence-corrected chi connectivity index (χ3v) is 4.91. The lowest BCUT2D eigenvalue weighted by atomic mass is 10.2. The molecule has 1 fully saturated rings. The highest BCUT2D eigenvalue weighted by Gasteiger charge is 2.24. The van der Waals surface area contributed by atoms with E-state index < -0.39 is 16.0 Å². The largest absolute Gasteiger partial charge is 0.496 e. The molecule has 1 aliphatic carbocycles. The van der Waals surface area contributed by atoms with Gasteiger partial charge in [0.1, 0.15) is 11.3 Å². The molecule has 0 aromatic heterocycles. The third-order valence-electron chi connectivity index (χ3n) is 3.39. The zero-order valence-electron chi connectivity index (χ0n) is 11.1. The lowest BCUT2D eigenvalue weighted by Crippen LogP contribution is -2.32. The monoisotopic (exact) mass is 299 g/mol. The predicted molar refractivity (Wildman–Crippen MR) is 72.5 cm³/mol. The van der Waals surface area contributed by atoms with Crippen molar-refractivity contribution in [3.63, 3.8) is 0 Å². The Bertz CT molecular complexity index is 605. The van der Waals surface area contributed by atoms with Crippen molar-refractivity contribution in [3.8, 4) is 5.75 Å². The van der Waals surface area contributed by atoms with Gasteiger partial charge in [0.25, 0.3) is 0 Å². The van der Waals surface area contributed by atoms with Crippen LogP contribution in [0.25, 0.3) is 0 Å². The Morgan fingerprint density at radius 3 is 2.55 bits per heavy atom. The van der Waals surface area contributed by atoms with Crippen molar-refractivity contribution in [2.45, 2.75) is 36.6 Å². The standard InChI is InChI=1S/C13H17NO5S/c1-19-12-7-6-10(8-11(12)13(15)16)20(17,18)14-9-4-2-3-5-9/h6-9,14H,2-5H2,1H3,(H,15,16). The Hall–Kier alpha value is -1.60. The molecule has 110 valence electrons. The Balaban J connectivity index is 2.31. The second kappa shape index (κ2) is 5.80. The summed E-state index contributed by atoms with van der Waals surface area (Å²) in [5, 5.41) is 9.08. The van der Waals surface area contributed by atoms with Gasteiger partial charge in [-0.3, -0.25) is 0 Å². The van der Waals surface area contributed by atoms with Gasteiger partial charge in [0.2, 0.25) is 10.0 Å². The van der Waals surface area contributed by atoms with Crippen LogP contribution in [0, 0.1) is 0 Å². The number of carbonyl (C=O) groups is 1. The number of carboxylic acid groups (broad SMARTS) is 1. The minimum atomic E-state index is -3.69. The zero-order chi connectivity index (χ0) is 14.8. The lowest BCUT2D eigenvalue weighted by Gasteiger charge is -2.13. The molecule has 0 amide bonds. The smallest absolute Gasteiger partial charge is 0.339 e. The van der Waals surface area contributed by atoms with Crippen molar-refractivity contribution in [1.82, 2.24) is 4.72 Å². The van der Waals surface area contributed by atoms with Gasteiger partial charge >= 0.3 is 5.97 Å². The van der Waals surface area contributed by atoms with Crippen LogP contribution in [0.1, 0.15) is 36.0 Å². The quantitative estimate of drug-likeness (QED) is 0.861. The van der Waals surface area contributed by atoms with Gasteiger partial charge in [0, 0.05) is 6.04 Å². The number of methoxy groups -OCH3 is 1. The molecule has 0 heterocycles. The number of carboxylic acids is 1. The molecule has 0 spiro atoms. The summed E-state index contributed by atoms with van der Waals surface area (Å²) >= 11 is 0. The second-order valence-electron chi connectivity index (χ2n) is 4.77. The highest BCUT2D eigenvalue weighted by Crippen LogP contribution is 2.24. The molecule has 2 rings (SSSR count). The van der Waals surface area contributed by atoms with Gasteiger partial charge in [-0.25, -0.2) is 17.9 Å². The Morgan fingerprint density at radius 1 is 1.35 bits per heavy atom. The second-order valence-corrected chi connectivity index (χ2v) is 6.48. The van der Waals surface area contributed by atoms with Crippen LogP contribution in [-0.4, -0.2) is 32.6 Å².